The van der Waals surface area contributed by atoms with Gasteiger partial charge in [0, 0.05) is 19.0 Å². The van der Waals surface area contributed by atoms with Gasteiger partial charge in [-0.05, 0) is 47.6 Å². The number of nitrogens with one attached hydrogen (secondary N) is 3. The van der Waals surface area contributed by atoms with Crippen LogP contribution in [0, 0.1) is 34.4 Å². The fourth-order valence-corrected chi connectivity index (χ4v) is 8.04. The molecule has 1 aromatic carbocycles. The molecule has 0 bridgehead atoms. The van der Waals surface area contributed by atoms with Crippen molar-refractivity contribution in [3.8, 4) is 0 Å². The van der Waals surface area contributed by atoms with Crippen molar-refractivity contribution in [1.82, 2.24) is 25.8 Å². The fourth-order valence-electron chi connectivity index (χ4n) is 6.65. The van der Waals surface area contributed by atoms with Crippen LogP contribution in [-0.2, 0) is 14.4 Å². The zero-order valence-electron chi connectivity index (χ0n) is 25.4. The molecule has 3 heterocycles. The van der Waals surface area contributed by atoms with Gasteiger partial charge in [0.1, 0.15) is 17.4 Å². The Labute approximate surface area is 266 Å². The molecule has 3 fully saturated rings. The predicted octanol–water partition coefficient (Wildman–Crippen LogP) is 4.01. The number of carbonyl (C=O) groups is 4. The van der Waals surface area contributed by atoms with E-state index in [0.717, 1.165) is 11.3 Å². The molecule has 3 amide bonds. The Bertz CT molecular complexity index is 1570. The summed E-state index contributed by atoms with van der Waals surface area (Å²) < 4.78 is 54.5. The Kier molecular flexibility index (Phi) is 8.51. The van der Waals surface area contributed by atoms with Crippen molar-refractivity contribution in [1.29, 1.82) is 0 Å². The van der Waals surface area contributed by atoms with Crippen molar-refractivity contribution in [3.05, 3.63) is 29.0 Å². The number of rotatable bonds is 8. The van der Waals surface area contributed by atoms with Crippen LogP contribution in [-0.4, -0.2) is 75.8 Å². The molecule has 3 N–H and O–H groups in total. The lowest BCUT2D eigenvalue weighted by Crippen LogP contribution is -2.61. The number of amides is 3. The minimum Gasteiger partial charge on any atom is -0.368 e. The van der Waals surface area contributed by atoms with Gasteiger partial charge < -0.3 is 20.9 Å². The number of Topliss-reactive ketones (excluding diaryl/α,β-unsaturated/α-hetero) is 1. The Morgan fingerprint density at radius 1 is 1.20 bits per heavy atom. The van der Waals surface area contributed by atoms with Crippen LogP contribution in [0.2, 0.25) is 0 Å². The van der Waals surface area contributed by atoms with Crippen LogP contribution < -0.4 is 16.0 Å². The van der Waals surface area contributed by atoms with E-state index in [9.17, 15) is 36.7 Å². The third kappa shape index (κ3) is 6.29. The van der Waals surface area contributed by atoms with Gasteiger partial charge in [-0.3, -0.25) is 19.2 Å². The topological polar surface area (TPSA) is 120 Å². The van der Waals surface area contributed by atoms with Crippen LogP contribution in [0.15, 0.2) is 18.2 Å². The quantitative estimate of drug-likeness (QED) is 0.221. The van der Waals surface area contributed by atoms with Crippen molar-refractivity contribution in [3.63, 3.8) is 0 Å². The van der Waals surface area contributed by atoms with Gasteiger partial charge in [0.25, 0.3) is 0 Å². The van der Waals surface area contributed by atoms with Gasteiger partial charge in [0.2, 0.25) is 17.6 Å². The second kappa shape index (κ2) is 11.6. The number of fused-ring (bicyclic) bond motifs is 2. The van der Waals surface area contributed by atoms with E-state index in [-0.39, 0.29) is 51.6 Å². The molecule has 3 aliphatic rings. The normalized spacial score (nSPS) is 25.4. The monoisotopic (exact) mass is 669 g/mol. The van der Waals surface area contributed by atoms with Crippen molar-refractivity contribution < 1.29 is 36.7 Å². The molecule has 15 heteroatoms. The van der Waals surface area contributed by atoms with Crippen molar-refractivity contribution in [2.24, 2.45) is 28.6 Å². The number of nitrogens with zero attached hydrogens (tertiary/aromatic N) is 2. The number of alkyl halides is 3. The Hall–Kier alpha value is -3.20. The molecule has 244 valence electrons. The first kappa shape index (κ1) is 33.2. The molecule has 1 aliphatic carbocycles. The van der Waals surface area contributed by atoms with E-state index < -0.39 is 59.0 Å². The molecule has 0 spiro atoms. The Morgan fingerprint density at radius 3 is 2.47 bits per heavy atom. The van der Waals surface area contributed by atoms with Gasteiger partial charge in [-0.25, -0.2) is 9.37 Å². The molecular weight excluding hydrogens is 634 g/mol. The number of ketones is 1. The smallest absolute Gasteiger partial charge is 0.368 e. The summed E-state index contributed by atoms with van der Waals surface area (Å²) in [5.41, 5.74) is -1.26. The van der Waals surface area contributed by atoms with E-state index in [1.165, 1.54) is 17.0 Å². The Balaban J connectivity index is 1.44. The van der Waals surface area contributed by atoms with Gasteiger partial charge in [-0.1, -0.05) is 52.9 Å². The van der Waals surface area contributed by atoms with Crippen molar-refractivity contribution >= 4 is 62.3 Å². The minimum atomic E-state index is -5.18. The maximum atomic E-state index is 14.4. The van der Waals surface area contributed by atoms with Crippen LogP contribution in [0.25, 0.3) is 10.2 Å². The number of hydrogen-bond donors (Lipinski definition) is 3. The molecule has 5 rings (SSSR count). The van der Waals surface area contributed by atoms with Gasteiger partial charge in [-0.2, -0.15) is 13.2 Å². The summed E-state index contributed by atoms with van der Waals surface area (Å²) in [6, 6.07) is 1.07. The maximum absolute atomic E-state index is 14.4. The molecule has 9 nitrogen and oxygen atoms in total. The zero-order chi connectivity index (χ0) is 33.2. The van der Waals surface area contributed by atoms with Gasteiger partial charge in [0.05, 0.1) is 21.8 Å². The number of piperidine rings is 1. The lowest BCUT2D eigenvalue weighted by atomic mass is 9.85. The predicted molar refractivity (Wildman–Crippen MR) is 163 cm³/mol. The summed E-state index contributed by atoms with van der Waals surface area (Å²) in [5, 5.41) is 7.76. The minimum absolute atomic E-state index is 0.00728. The standard InChI is InChI=1S/C30H35F4N5O4S2/c1-28(2,3)22(38-27(43)30(32,33)34)26(42)39-12-14-18(29(14,4)5)20(39)24(44)36-16(11-13-9-10-35-23(13)41)21(40)25-37-19-15(31)7-6-8-17(19)45-25/h6-8,13-14,16,18,20,22H,9-12H2,1-5H3,(H,35,41)(H,36,44)(H,38,43)/t13-,14-,16-,18-,20-,22+/m0/s1. The average molecular weight is 670 g/mol. The zero-order valence-corrected chi connectivity index (χ0v) is 27.0. The molecule has 1 aromatic heterocycles. The van der Waals surface area contributed by atoms with Gasteiger partial charge in [-0.15, -0.1) is 11.3 Å². The first-order chi connectivity index (χ1) is 20.8. The van der Waals surface area contributed by atoms with Crippen LogP contribution in [0.4, 0.5) is 17.6 Å². The second-order valence-electron chi connectivity index (χ2n) is 13.7. The summed E-state index contributed by atoms with van der Waals surface area (Å²) in [4.78, 5) is 58.0. The first-order valence-corrected chi connectivity index (χ1v) is 15.9. The van der Waals surface area contributed by atoms with Gasteiger partial charge >= 0.3 is 12.1 Å². The van der Waals surface area contributed by atoms with Crippen molar-refractivity contribution in [2.45, 2.75) is 71.8 Å². The summed E-state index contributed by atoms with van der Waals surface area (Å²) in [6.07, 6.45) is -4.63. The number of para-hydroxylation sites is 1. The largest absolute Gasteiger partial charge is 0.471 e. The molecule has 1 saturated carbocycles. The van der Waals surface area contributed by atoms with Crippen LogP contribution in [0.5, 0.6) is 0 Å². The van der Waals surface area contributed by atoms with Crippen LogP contribution >= 0.6 is 23.6 Å². The van der Waals surface area contributed by atoms with E-state index in [2.05, 4.69) is 15.6 Å². The molecular formula is C30H35F4N5O4S2. The van der Waals surface area contributed by atoms with E-state index in [1.54, 1.807) is 26.8 Å². The molecule has 2 saturated heterocycles. The molecule has 2 aliphatic heterocycles. The lowest BCUT2D eigenvalue weighted by molar-refractivity contribution is -0.176. The molecule has 0 radical (unpaired) electrons. The number of halogens is 4. The number of thiazole rings is 1. The number of likely N-dealkylation sites (tertiary alicyclic amines) is 1. The van der Waals surface area contributed by atoms with Gasteiger partial charge in [0.15, 0.2) is 5.01 Å². The summed E-state index contributed by atoms with van der Waals surface area (Å²) in [6.45, 7) is 9.34. The number of benzene rings is 1. The second-order valence-corrected chi connectivity index (χ2v) is 15.2. The first-order valence-electron chi connectivity index (χ1n) is 14.7. The summed E-state index contributed by atoms with van der Waals surface area (Å²) in [5.74, 6) is -4.88. The van der Waals surface area contributed by atoms with Crippen molar-refractivity contribution in [2.75, 3.05) is 13.1 Å². The van der Waals surface area contributed by atoms with E-state index in [4.69, 9.17) is 12.2 Å². The maximum Gasteiger partial charge on any atom is 0.471 e. The molecule has 0 unspecified atom stereocenters. The fraction of sp³-hybridized carbons (Fsp3) is 0.600. The highest BCUT2D eigenvalue weighted by Gasteiger charge is 2.69. The average Bonchev–Trinajstić information content (AvgIpc) is 3.45. The van der Waals surface area contributed by atoms with Crippen LogP contribution in [0.3, 0.4) is 0 Å². The number of hydrogen-bond acceptors (Lipinski definition) is 7. The molecule has 6 atom stereocenters. The highest BCUT2D eigenvalue weighted by Crippen LogP contribution is 2.65. The third-order valence-electron chi connectivity index (χ3n) is 9.30. The van der Waals surface area contributed by atoms with E-state index in [0.29, 0.717) is 17.7 Å². The molecule has 45 heavy (non-hydrogen) atoms. The third-order valence-corrected chi connectivity index (χ3v) is 10.7. The number of aromatic nitrogens is 1. The van der Waals surface area contributed by atoms with Crippen LogP contribution in [0.1, 0.15) is 57.3 Å². The molecule has 2 aromatic rings. The lowest BCUT2D eigenvalue weighted by Gasteiger charge is -2.39. The SMILES string of the molecule is CC(C)(C)[C@H](NC(=O)C(F)(F)F)C(=O)N1C[C@H]2[C@@H]([C@H]1C(=S)N[C@@H](C[C@@H]1CCNC1=O)C(=O)c1nc3c(F)cccc3s1)C2(C)C. The highest BCUT2D eigenvalue weighted by atomic mass is 32.1. The Morgan fingerprint density at radius 2 is 1.89 bits per heavy atom. The number of carbonyl (C=O) groups excluding carboxylic acids is 4. The van der Waals surface area contributed by atoms with E-state index in [1.807, 2.05) is 19.2 Å². The highest BCUT2D eigenvalue weighted by molar-refractivity contribution is 7.80. The van der Waals surface area contributed by atoms with E-state index >= 15 is 0 Å². The summed E-state index contributed by atoms with van der Waals surface area (Å²) in [7, 11) is 0. The summed E-state index contributed by atoms with van der Waals surface area (Å²) >= 11 is 6.86. The number of thiocarbonyl (C=S) groups is 1.